The second-order valence-corrected chi connectivity index (χ2v) is 7.62. The van der Waals surface area contributed by atoms with Crippen LogP contribution < -0.4 is 15.8 Å². The van der Waals surface area contributed by atoms with Crippen molar-refractivity contribution in [3.8, 4) is 5.88 Å². The number of amides is 1. The molecule has 1 aliphatic rings. The monoisotopic (exact) mass is 386 g/mol. The Balaban J connectivity index is 1.49. The maximum Gasteiger partial charge on any atom is 0.410 e. The first-order valence-corrected chi connectivity index (χ1v) is 9.23. The van der Waals surface area contributed by atoms with E-state index >= 15 is 0 Å². The van der Waals surface area contributed by atoms with Gasteiger partial charge in [-0.1, -0.05) is 0 Å². The van der Waals surface area contributed by atoms with Gasteiger partial charge in [0.05, 0.1) is 23.8 Å². The highest BCUT2D eigenvalue weighted by atomic mass is 16.6. The van der Waals surface area contributed by atoms with Gasteiger partial charge < -0.3 is 25.4 Å². The highest BCUT2D eigenvalue weighted by Crippen LogP contribution is 2.22. The van der Waals surface area contributed by atoms with Crippen LogP contribution in [0.15, 0.2) is 30.9 Å². The molecule has 1 fully saturated rings. The summed E-state index contributed by atoms with van der Waals surface area (Å²) in [6.45, 7) is 6.80. The number of nitrogens with one attached hydrogen (secondary N) is 1. The number of rotatable bonds is 4. The fourth-order valence-corrected chi connectivity index (χ4v) is 2.76. The summed E-state index contributed by atoms with van der Waals surface area (Å²) < 4.78 is 11.4. The first-order valence-electron chi connectivity index (χ1n) is 9.23. The standard InChI is InChI=1S/C19H26N6O3/c1-19(2,3)28-18(26)25-8-6-14(7-9-25)27-16-5-4-13(10-22-16)24-17-15(20)11-21-12-23-17/h4-5,10-12,14H,6-9,20H2,1-3H3,(H,21,23,24). The number of aromatic nitrogens is 3. The van der Waals surface area contributed by atoms with Crippen LogP contribution in [0.3, 0.4) is 0 Å². The van der Waals surface area contributed by atoms with E-state index in [-0.39, 0.29) is 12.2 Å². The topological polar surface area (TPSA) is 115 Å². The predicted molar refractivity (Wildman–Crippen MR) is 105 cm³/mol. The van der Waals surface area contributed by atoms with Crippen molar-refractivity contribution in [1.29, 1.82) is 0 Å². The third-order valence-electron chi connectivity index (χ3n) is 4.12. The first-order chi connectivity index (χ1) is 13.3. The highest BCUT2D eigenvalue weighted by Gasteiger charge is 2.27. The van der Waals surface area contributed by atoms with E-state index in [1.807, 2.05) is 26.8 Å². The van der Waals surface area contributed by atoms with Crippen molar-refractivity contribution < 1.29 is 14.3 Å². The average Bonchev–Trinajstić information content (AvgIpc) is 2.64. The van der Waals surface area contributed by atoms with Crippen LogP contribution in [0.2, 0.25) is 0 Å². The summed E-state index contributed by atoms with van der Waals surface area (Å²) in [4.78, 5) is 26.1. The first kappa shape index (κ1) is 19.7. The van der Waals surface area contributed by atoms with E-state index in [1.165, 1.54) is 12.5 Å². The van der Waals surface area contributed by atoms with Crippen molar-refractivity contribution >= 4 is 23.3 Å². The van der Waals surface area contributed by atoms with Crippen LogP contribution >= 0.6 is 0 Å². The zero-order valence-corrected chi connectivity index (χ0v) is 16.4. The minimum absolute atomic E-state index is 0.0162. The van der Waals surface area contributed by atoms with E-state index in [0.29, 0.717) is 30.5 Å². The molecule has 1 saturated heterocycles. The molecule has 0 atom stereocenters. The molecule has 0 spiro atoms. The molecule has 1 amide bonds. The summed E-state index contributed by atoms with van der Waals surface area (Å²) in [5, 5.41) is 3.09. The number of carbonyl (C=O) groups is 1. The molecular weight excluding hydrogens is 360 g/mol. The van der Waals surface area contributed by atoms with Gasteiger partial charge in [-0.3, -0.25) is 0 Å². The van der Waals surface area contributed by atoms with Crippen molar-refractivity contribution in [2.24, 2.45) is 0 Å². The Morgan fingerprint density at radius 3 is 2.57 bits per heavy atom. The van der Waals surface area contributed by atoms with E-state index in [0.717, 1.165) is 18.5 Å². The summed E-state index contributed by atoms with van der Waals surface area (Å²) in [5.41, 5.74) is 6.54. The second-order valence-electron chi connectivity index (χ2n) is 7.62. The number of hydrogen-bond acceptors (Lipinski definition) is 8. The number of piperidine rings is 1. The van der Waals surface area contributed by atoms with Crippen molar-refractivity contribution in [2.45, 2.75) is 45.3 Å². The molecule has 0 unspecified atom stereocenters. The normalized spacial score (nSPS) is 15.2. The smallest absolute Gasteiger partial charge is 0.410 e. The summed E-state index contributed by atoms with van der Waals surface area (Å²) in [6, 6.07) is 3.64. The summed E-state index contributed by atoms with van der Waals surface area (Å²) in [7, 11) is 0. The number of nitrogen functional groups attached to an aromatic ring is 1. The number of pyridine rings is 1. The van der Waals surface area contributed by atoms with E-state index in [1.54, 1.807) is 17.2 Å². The Labute approximate surface area is 164 Å². The molecule has 0 radical (unpaired) electrons. The fourth-order valence-electron chi connectivity index (χ4n) is 2.76. The molecule has 0 bridgehead atoms. The van der Waals surface area contributed by atoms with Crippen molar-refractivity contribution in [2.75, 3.05) is 24.1 Å². The van der Waals surface area contributed by atoms with E-state index in [4.69, 9.17) is 15.2 Å². The van der Waals surface area contributed by atoms with Gasteiger partial charge in [-0.25, -0.2) is 19.7 Å². The molecule has 0 aromatic carbocycles. The summed E-state index contributed by atoms with van der Waals surface area (Å²) >= 11 is 0. The van der Waals surface area contributed by atoms with Crippen LogP contribution in [0.25, 0.3) is 0 Å². The maximum atomic E-state index is 12.1. The van der Waals surface area contributed by atoms with Gasteiger partial charge in [0.25, 0.3) is 0 Å². The SMILES string of the molecule is CC(C)(C)OC(=O)N1CCC(Oc2ccc(Nc3ncncc3N)cn2)CC1. The average molecular weight is 386 g/mol. The van der Waals surface area contributed by atoms with Crippen molar-refractivity contribution in [3.63, 3.8) is 0 Å². The second kappa shape index (κ2) is 8.28. The molecule has 9 nitrogen and oxygen atoms in total. The molecule has 0 saturated carbocycles. The molecule has 3 N–H and O–H groups in total. The lowest BCUT2D eigenvalue weighted by Gasteiger charge is -2.33. The molecule has 28 heavy (non-hydrogen) atoms. The number of likely N-dealkylation sites (tertiary alicyclic amines) is 1. The Kier molecular flexibility index (Phi) is 5.81. The number of nitrogens with zero attached hydrogens (tertiary/aromatic N) is 4. The van der Waals surface area contributed by atoms with Crippen LogP contribution in [0.4, 0.5) is 22.0 Å². The third-order valence-corrected chi connectivity index (χ3v) is 4.12. The van der Waals surface area contributed by atoms with E-state index in [9.17, 15) is 4.79 Å². The van der Waals surface area contributed by atoms with Crippen molar-refractivity contribution in [3.05, 3.63) is 30.9 Å². The fraction of sp³-hybridized carbons (Fsp3) is 0.474. The molecule has 150 valence electrons. The number of nitrogens with two attached hydrogens (primary N) is 1. The molecule has 2 aromatic rings. The molecule has 3 rings (SSSR count). The van der Waals surface area contributed by atoms with Gasteiger partial charge in [-0.15, -0.1) is 0 Å². The molecule has 9 heteroatoms. The highest BCUT2D eigenvalue weighted by molar-refractivity contribution is 5.68. The zero-order chi connectivity index (χ0) is 20.1. The predicted octanol–water partition coefficient (Wildman–Crippen LogP) is 2.98. The van der Waals surface area contributed by atoms with Gasteiger partial charge in [-0.2, -0.15) is 0 Å². The lowest BCUT2D eigenvalue weighted by molar-refractivity contribution is 0.0123. The Bertz CT molecular complexity index is 798. The minimum atomic E-state index is -0.486. The Hall–Kier alpha value is -3.10. The Morgan fingerprint density at radius 1 is 1.21 bits per heavy atom. The summed E-state index contributed by atoms with van der Waals surface area (Å²) in [5.74, 6) is 1.07. The van der Waals surface area contributed by atoms with Crippen LogP contribution in [-0.4, -0.2) is 50.7 Å². The van der Waals surface area contributed by atoms with Gasteiger partial charge in [-0.05, 0) is 26.8 Å². The third kappa shape index (κ3) is 5.45. The number of hydrogen-bond donors (Lipinski definition) is 2. The van der Waals surface area contributed by atoms with E-state index in [2.05, 4.69) is 20.3 Å². The van der Waals surface area contributed by atoms with Crippen LogP contribution in [0.5, 0.6) is 5.88 Å². The van der Waals surface area contributed by atoms with Gasteiger partial charge in [0.1, 0.15) is 18.0 Å². The van der Waals surface area contributed by atoms with E-state index < -0.39 is 5.60 Å². The number of anilines is 3. The van der Waals surface area contributed by atoms with Crippen LogP contribution in [-0.2, 0) is 4.74 Å². The maximum absolute atomic E-state index is 12.1. The summed E-state index contributed by atoms with van der Waals surface area (Å²) in [6.07, 6.45) is 5.83. The Morgan fingerprint density at radius 2 is 1.96 bits per heavy atom. The van der Waals surface area contributed by atoms with Gasteiger partial charge >= 0.3 is 6.09 Å². The van der Waals surface area contributed by atoms with Crippen LogP contribution in [0.1, 0.15) is 33.6 Å². The molecule has 1 aliphatic heterocycles. The van der Waals surface area contributed by atoms with Gasteiger partial charge in [0, 0.05) is 32.0 Å². The zero-order valence-electron chi connectivity index (χ0n) is 16.4. The lowest BCUT2D eigenvalue weighted by atomic mass is 10.1. The largest absolute Gasteiger partial charge is 0.474 e. The van der Waals surface area contributed by atoms with Gasteiger partial charge in [0.15, 0.2) is 5.82 Å². The van der Waals surface area contributed by atoms with Crippen molar-refractivity contribution in [1.82, 2.24) is 19.9 Å². The number of ether oxygens (including phenoxy) is 2. The van der Waals surface area contributed by atoms with Gasteiger partial charge in [0.2, 0.25) is 5.88 Å². The molecule has 3 heterocycles. The molecule has 2 aromatic heterocycles. The lowest BCUT2D eigenvalue weighted by Crippen LogP contribution is -2.44. The van der Waals surface area contributed by atoms with Crippen LogP contribution in [0, 0.1) is 0 Å². The molecule has 0 aliphatic carbocycles. The number of carbonyl (C=O) groups excluding carboxylic acids is 1. The quantitative estimate of drug-likeness (QED) is 0.824. The molecular formula is C19H26N6O3. The minimum Gasteiger partial charge on any atom is -0.474 e.